The predicted molar refractivity (Wildman–Crippen MR) is 83.7 cm³/mol. The molecule has 0 bridgehead atoms. The van der Waals surface area contributed by atoms with E-state index >= 15 is 0 Å². The standard InChI is InChI=1S/C18H30F6/c1-2-3-6-14-11-15(7-4-9-17(19,20)21)13-16(12-14)8-5-10-18(22,23)24/h14-16H,2-13H2,1H3. The molecule has 1 aliphatic carbocycles. The van der Waals surface area contributed by atoms with Crippen molar-refractivity contribution >= 4 is 0 Å². The Bertz CT molecular complexity index is 305. The van der Waals surface area contributed by atoms with Gasteiger partial charge >= 0.3 is 12.4 Å². The highest BCUT2D eigenvalue weighted by Crippen LogP contribution is 2.41. The third-order valence-corrected chi connectivity index (χ3v) is 5.11. The second kappa shape index (κ2) is 9.91. The van der Waals surface area contributed by atoms with Crippen LogP contribution >= 0.6 is 0 Å². The molecule has 1 fully saturated rings. The molecule has 0 aromatic rings. The van der Waals surface area contributed by atoms with E-state index in [2.05, 4.69) is 6.92 Å². The maximum absolute atomic E-state index is 12.3. The summed E-state index contributed by atoms with van der Waals surface area (Å²) in [7, 11) is 0. The fourth-order valence-corrected chi connectivity index (χ4v) is 4.09. The molecule has 6 heteroatoms. The lowest BCUT2D eigenvalue weighted by Gasteiger charge is -2.35. The van der Waals surface area contributed by atoms with E-state index in [9.17, 15) is 26.3 Å². The van der Waals surface area contributed by atoms with Crippen LogP contribution in [-0.2, 0) is 0 Å². The van der Waals surface area contributed by atoms with Gasteiger partial charge < -0.3 is 0 Å². The fourth-order valence-electron chi connectivity index (χ4n) is 4.09. The lowest BCUT2D eigenvalue weighted by Crippen LogP contribution is -2.24. The van der Waals surface area contributed by atoms with Crippen LogP contribution in [0.4, 0.5) is 26.3 Å². The Hall–Kier alpha value is -0.420. The summed E-state index contributed by atoms with van der Waals surface area (Å²) in [4.78, 5) is 0. The van der Waals surface area contributed by atoms with Gasteiger partial charge in [0.1, 0.15) is 0 Å². The van der Waals surface area contributed by atoms with Gasteiger partial charge in [0.25, 0.3) is 0 Å². The van der Waals surface area contributed by atoms with Gasteiger partial charge in [-0.2, -0.15) is 26.3 Å². The summed E-state index contributed by atoms with van der Waals surface area (Å²) in [5.41, 5.74) is 0. The van der Waals surface area contributed by atoms with E-state index in [-0.39, 0.29) is 24.7 Å². The molecule has 0 aromatic heterocycles. The molecule has 2 unspecified atom stereocenters. The molecule has 0 amide bonds. The van der Waals surface area contributed by atoms with Crippen molar-refractivity contribution in [2.75, 3.05) is 0 Å². The van der Waals surface area contributed by atoms with E-state index in [0.717, 1.165) is 38.5 Å². The van der Waals surface area contributed by atoms with Gasteiger partial charge in [0.2, 0.25) is 0 Å². The first-order valence-corrected chi connectivity index (χ1v) is 9.22. The quantitative estimate of drug-likeness (QED) is 0.370. The third kappa shape index (κ3) is 10.4. The summed E-state index contributed by atoms with van der Waals surface area (Å²) in [6.07, 6.45) is -2.39. The van der Waals surface area contributed by atoms with Crippen LogP contribution in [0.1, 0.15) is 84.0 Å². The van der Waals surface area contributed by atoms with Crippen molar-refractivity contribution in [3.63, 3.8) is 0 Å². The molecule has 24 heavy (non-hydrogen) atoms. The minimum Gasteiger partial charge on any atom is -0.171 e. The van der Waals surface area contributed by atoms with Gasteiger partial charge in [-0.1, -0.05) is 39.0 Å². The molecule has 0 N–H and O–H groups in total. The van der Waals surface area contributed by atoms with E-state index in [4.69, 9.17) is 0 Å². The molecular weight excluding hydrogens is 330 g/mol. The van der Waals surface area contributed by atoms with Gasteiger partial charge in [0, 0.05) is 12.8 Å². The zero-order chi connectivity index (χ0) is 18.2. The Morgan fingerprint density at radius 3 is 1.25 bits per heavy atom. The van der Waals surface area contributed by atoms with Gasteiger partial charge in [-0.25, -0.2) is 0 Å². The molecule has 0 nitrogen and oxygen atoms in total. The molecule has 0 aliphatic heterocycles. The Kier molecular flexibility index (Phi) is 8.93. The van der Waals surface area contributed by atoms with Crippen LogP contribution in [0.2, 0.25) is 0 Å². The number of rotatable bonds is 9. The third-order valence-electron chi connectivity index (χ3n) is 5.11. The number of hydrogen-bond acceptors (Lipinski definition) is 0. The van der Waals surface area contributed by atoms with Crippen molar-refractivity contribution < 1.29 is 26.3 Å². The first kappa shape index (κ1) is 21.6. The van der Waals surface area contributed by atoms with Crippen LogP contribution < -0.4 is 0 Å². The molecular formula is C18H30F6. The van der Waals surface area contributed by atoms with Gasteiger partial charge in [0.15, 0.2) is 0 Å². The van der Waals surface area contributed by atoms with Gasteiger partial charge in [-0.3, -0.25) is 0 Å². The summed E-state index contributed by atoms with van der Waals surface area (Å²) >= 11 is 0. The van der Waals surface area contributed by atoms with Gasteiger partial charge in [-0.05, 0) is 49.9 Å². The smallest absolute Gasteiger partial charge is 0.171 e. The van der Waals surface area contributed by atoms with E-state index in [1.807, 2.05) is 0 Å². The topological polar surface area (TPSA) is 0 Å². The van der Waals surface area contributed by atoms with Crippen LogP contribution in [0.3, 0.4) is 0 Å². The second-order valence-corrected chi connectivity index (χ2v) is 7.46. The largest absolute Gasteiger partial charge is 0.389 e. The molecule has 0 aromatic carbocycles. The summed E-state index contributed by atoms with van der Waals surface area (Å²) < 4.78 is 73.8. The maximum atomic E-state index is 12.3. The van der Waals surface area contributed by atoms with Crippen molar-refractivity contribution in [1.82, 2.24) is 0 Å². The van der Waals surface area contributed by atoms with Crippen LogP contribution in [0.15, 0.2) is 0 Å². The molecule has 1 saturated carbocycles. The molecule has 144 valence electrons. The highest BCUT2D eigenvalue weighted by molar-refractivity contribution is 4.80. The first-order chi connectivity index (χ1) is 11.1. The summed E-state index contributed by atoms with van der Waals surface area (Å²) in [5.74, 6) is 0.975. The maximum Gasteiger partial charge on any atom is 0.389 e. The highest BCUT2D eigenvalue weighted by atomic mass is 19.4. The van der Waals surface area contributed by atoms with Crippen molar-refractivity contribution in [3.05, 3.63) is 0 Å². The fraction of sp³-hybridized carbons (Fsp3) is 1.00. The summed E-state index contributed by atoms with van der Waals surface area (Å²) in [6.45, 7) is 2.10. The predicted octanol–water partition coefficient (Wildman–Crippen LogP) is 7.67. The monoisotopic (exact) mass is 360 g/mol. The summed E-state index contributed by atoms with van der Waals surface area (Å²) in [5, 5.41) is 0. The highest BCUT2D eigenvalue weighted by Gasteiger charge is 2.32. The SMILES string of the molecule is CCCCC1CC(CCCC(F)(F)F)CC(CCCC(F)(F)F)C1. The zero-order valence-corrected chi connectivity index (χ0v) is 14.5. The molecule has 2 atom stereocenters. The Morgan fingerprint density at radius 1 is 0.625 bits per heavy atom. The Balaban J connectivity index is 2.45. The van der Waals surface area contributed by atoms with Crippen molar-refractivity contribution in [2.45, 2.75) is 96.3 Å². The number of halogens is 6. The summed E-state index contributed by atoms with van der Waals surface area (Å²) in [6, 6.07) is 0. The van der Waals surface area contributed by atoms with E-state index in [1.165, 1.54) is 0 Å². The van der Waals surface area contributed by atoms with Crippen LogP contribution in [0, 0.1) is 17.8 Å². The van der Waals surface area contributed by atoms with Gasteiger partial charge in [0.05, 0.1) is 0 Å². The van der Waals surface area contributed by atoms with Crippen LogP contribution in [0.25, 0.3) is 0 Å². The normalized spacial score (nSPS) is 25.9. The number of alkyl halides is 6. The van der Waals surface area contributed by atoms with Crippen LogP contribution in [-0.4, -0.2) is 12.4 Å². The molecule has 1 rings (SSSR count). The second-order valence-electron chi connectivity index (χ2n) is 7.46. The molecule has 0 saturated heterocycles. The van der Waals surface area contributed by atoms with Crippen molar-refractivity contribution in [1.29, 1.82) is 0 Å². The Labute approximate surface area is 141 Å². The average Bonchev–Trinajstić information content (AvgIpc) is 2.42. The van der Waals surface area contributed by atoms with Crippen molar-refractivity contribution in [3.8, 4) is 0 Å². The molecule has 0 heterocycles. The lowest BCUT2D eigenvalue weighted by atomic mass is 9.70. The molecule has 0 spiro atoms. The van der Waals surface area contributed by atoms with E-state index in [0.29, 0.717) is 18.8 Å². The zero-order valence-electron chi connectivity index (χ0n) is 14.5. The lowest BCUT2D eigenvalue weighted by molar-refractivity contribution is -0.136. The van der Waals surface area contributed by atoms with Gasteiger partial charge in [-0.15, -0.1) is 0 Å². The first-order valence-electron chi connectivity index (χ1n) is 9.22. The molecule has 0 radical (unpaired) electrons. The number of hydrogen-bond donors (Lipinski definition) is 0. The van der Waals surface area contributed by atoms with Crippen molar-refractivity contribution in [2.24, 2.45) is 17.8 Å². The molecule has 1 aliphatic rings. The Morgan fingerprint density at radius 2 is 0.958 bits per heavy atom. The number of unbranched alkanes of at least 4 members (excludes halogenated alkanes) is 1. The minimum atomic E-state index is -4.11. The van der Waals surface area contributed by atoms with E-state index < -0.39 is 25.2 Å². The average molecular weight is 360 g/mol. The van der Waals surface area contributed by atoms with Crippen LogP contribution in [0.5, 0.6) is 0 Å². The van der Waals surface area contributed by atoms with E-state index in [1.54, 1.807) is 0 Å². The minimum absolute atomic E-state index is 0.143.